The second-order valence-corrected chi connectivity index (χ2v) is 11.6. The summed E-state index contributed by atoms with van der Waals surface area (Å²) < 4.78 is 5.14. The van der Waals surface area contributed by atoms with Gasteiger partial charge in [-0.3, -0.25) is 0 Å². The molecule has 3 heteroatoms. The molecule has 0 aromatic heterocycles. The summed E-state index contributed by atoms with van der Waals surface area (Å²) >= 11 is 0. The van der Waals surface area contributed by atoms with Crippen LogP contribution in [0.25, 0.3) is 33.4 Å². The van der Waals surface area contributed by atoms with E-state index in [-0.39, 0.29) is 22.5 Å². The van der Waals surface area contributed by atoms with E-state index in [4.69, 9.17) is 4.74 Å². The number of benzene rings is 4. The van der Waals surface area contributed by atoms with E-state index in [1.165, 1.54) is 23.1 Å². The van der Waals surface area contributed by atoms with Gasteiger partial charge < -0.3 is 9.84 Å². The first-order valence-corrected chi connectivity index (χ1v) is 13.5. The highest BCUT2D eigenvalue weighted by Crippen LogP contribution is 2.47. The van der Waals surface area contributed by atoms with E-state index >= 15 is 0 Å². The highest BCUT2D eigenvalue weighted by atomic mass is 16.5. The molecule has 4 aromatic rings. The monoisotopic (exact) mass is 504 g/mol. The van der Waals surface area contributed by atoms with Gasteiger partial charge in [0.2, 0.25) is 0 Å². The van der Waals surface area contributed by atoms with Gasteiger partial charge in [0.05, 0.1) is 12.2 Å². The molecule has 0 bridgehead atoms. The van der Waals surface area contributed by atoms with E-state index in [1.54, 1.807) is 12.1 Å². The van der Waals surface area contributed by atoms with Crippen molar-refractivity contribution in [1.29, 1.82) is 0 Å². The number of phenols is 1. The summed E-state index contributed by atoms with van der Waals surface area (Å²) in [7, 11) is 0. The maximum absolute atomic E-state index is 12.1. The molecule has 1 N–H and O–H groups in total. The number of rotatable bonds is 5. The maximum atomic E-state index is 12.1. The lowest BCUT2D eigenvalue weighted by Crippen LogP contribution is -2.33. The SMILES string of the molecule is CCOC(=O)c1ccc(-c2ccc(-c3ccc(O)cc3)c(-c3ccc4c(c3)C(C)(C)CCC4(C)C)c2)cc1. The fourth-order valence-electron chi connectivity index (χ4n) is 5.62. The Hall–Kier alpha value is -3.85. The molecule has 4 aromatic carbocycles. The third kappa shape index (κ3) is 4.86. The summed E-state index contributed by atoms with van der Waals surface area (Å²) in [6.07, 6.45) is 2.34. The molecule has 0 spiro atoms. The largest absolute Gasteiger partial charge is 0.508 e. The molecule has 3 nitrogen and oxygen atoms in total. The van der Waals surface area contributed by atoms with Gasteiger partial charge in [-0.1, -0.05) is 82.3 Å². The van der Waals surface area contributed by atoms with Crippen molar-refractivity contribution in [3.63, 3.8) is 0 Å². The third-order valence-corrected chi connectivity index (χ3v) is 8.09. The van der Waals surface area contributed by atoms with Gasteiger partial charge >= 0.3 is 5.97 Å². The van der Waals surface area contributed by atoms with Crippen LogP contribution in [0.5, 0.6) is 5.75 Å². The lowest BCUT2D eigenvalue weighted by Gasteiger charge is -2.42. The molecule has 0 saturated heterocycles. The predicted octanol–water partition coefficient (Wildman–Crippen LogP) is 8.92. The molecular weight excluding hydrogens is 468 g/mol. The number of phenolic OH excluding ortho intramolecular Hbond substituents is 1. The molecule has 1 aliphatic carbocycles. The van der Waals surface area contributed by atoms with Crippen LogP contribution in [0, 0.1) is 0 Å². The van der Waals surface area contributed by atoms with Crippen LogP contribution in [0.1, 0.15) is 68.9 Å². The van der Waals surface area contributed by atoms with Crippen LogP contribution in [0.2, 0.25) is 0 Å². The van der Waals surface area contributed by atoms with Gasteiger partial charge in [0, 0.05) is 0 Å². The van der Waals surface area contributed by atoms with E-state index in [1.807, 2.05) is 43.3 Å². The van der Waals surface area contributed by atoms with Gasteiger partial charge in [0.1, 0.15) is 5.75 Å². The Labute approximate surface area is 226 Å². The van der Waals surface area contributed by atoms with E-state index < -0.39 is 0 Å². The lowest BCUT2D eigenvalue weighted by molar-refractivity contribution is 0.0526. The molecule has 0 amide bonds. The van der Waals surface area contributed by atoms with Crippen molar-refractivity contribution >= 4 is 5.97 Å². The molecule has 0 atom stereocenters. The summed E-state index contributed by atoms with van der Waals surface area (Å²) in [5.41, 5.74) is 10.3. The van der Waals surface area contributed by atoms with E-state index in [0.29, 0.717) is 12.2 Å². The zero-order valence-corrected chi connectivity index (χ0v) is 23.0. The maximum Gasteiger partial charge on any atom is 0.338 e. The van der Waals surface area contributed by atoms with Crippen LogP contribution in [0.3, 0.4) is 0 Å². The topological polar surface area (TPSA) is 46.5 Å². The van der Waals surface area contributed by atoms with Crippen molar-refractivity contribution < 1.29 is 14.6 Å². The number of carbonyl (C=O) groups is 1. The van der Waals surface area contributed by atoms with E-state index in [9.17, 15) is 9.90 Å². The Morgan fingerprint density at radius 1 is 0.684 bits per heavy atom. The Morgan fingerprint density at radius 3 is 1.92 bits per heavy atom. The first-order valence-electron chi connectivity index (χ1n) is 13.5. The summed E-state index contributed by atoms with van der Waals surface area (Å²) in [6.45, 7) is 11.6. The van der Waals surface area contributed by atoms with Crippen molar-refractivity contribution in [3.05, 3.63) is 102 Å². The van der Waals surface area contributed by atoms with Crippen LogP contribution in [0.4, 0.5) is 0 Å². The number of aromatic hydroxyl groups is 1. The Kier molecular flexibility index (Phi) is 6.65. The summed E-state index contributed by atoms with van der Waals surface area (Å²) in [5.74, 6) is -0.0478. The van der Waals surface area contributed by atoms with Gasteiger partial charge in [-0.25, -0.2) is 4.79 Å². The van der Waals surface area contributed by atoms with Crippen LogP contribution in [-0.2, 0) is 15.6 Å². The van der Waals surface area contributed by atoms with Gasteiger partial charge in [-0.2, -0.15) is 0 Å². The fourth-order valence-corrected chi connectivity index (χ4v) is 5.62. The Morgan fingerprint density at radius 2 is 1.26 bits per heavy atom. The molecule has 0 heterocycles. The number of hydrogen-bond acceptors (Lipinski definition) is 3. The number of esters is 1. The molecule has 0 aliphatic heterocycles. The molecule has 0 fully saturated rings. The van der Waals surface area contributed by atoms with Gasteiger partial charge in [0.15, 0.2) is 0 Å². The third-order valence-electron chi connectivity index (χ3n) is 8.09. The minimum absolute atomic E-state index is 0.111. The minimum Gasteiger partial charge on any atom is -0.508 e. The van der Waals surface area contributed by atoms with E-state index in [2.05, 4.69) is 64.1 Å². The zero-order valence-electron chi connectivity index (χ0n) is 23.0. The Bertz CT molecular complexity index is 1480. The summed E-state index contributed by atoms with van der Waals surface area (Å²) in [6, 6.07) is 28.5. The standard InChI is InChI=1S/C35H36O3/c1-6-38-33(37)25-9-7-23(8-10-25)26-13-17-29(24-11-15-28(36)16-12-24)30(21-26)27-14-18-31-32(22-27)35(4,5)20-19-34(31,2)3/h7-18,21-22,36H,6,19-20H2,1-5H3. The minimum atomic E-state index is -0.304. The quantitative estimate of drug-likeness (QED) is 0.276. The molecular formula is C35H36O3. The van der Waals surface area contributed by atoms with Crippen LogP contribution < -0.4 is 0 Å². The number of ether oxygens (including phenoxy) is 1. The molecule has 5 rings (SSSR count). The molecule has 1 aliphatic rings. The first-order chi connectivity index (χ1) is 18.1. The summed E-state index contributed by atoms with van der Waals surface area (Å²) in [5, 5.41) is 9.88. The number of carbonyl (C=O) groups excluding carboxylic acids is 1. The number of fused-ring (bicyclic) bond motifs is 1. The van der Waals surface area contributed by atoms with Crippen LogP contribution >= 0.6 is 0 Å². The molecule has 194 valence electrons. The molecule has 0 radical (unpaired) electrons. The van der Waals surface area contributed by atoms with Gasteiger partial charge in [-0.05, 0) is 105 Å². The molecule has 0 saturated carbocycles. The highest BCUT2D eigenvalue weighted by molar-refractivity contribution is 5.91. The van der Waals surface area contributed by atoms with Crippen molar-refractivity contribution in [2.45, 2.75) is 58.3 Å². The lowest BCUT2D eigenvalue weighted by atomic mass is 9.63. The van der Waals surface area contributed by atoms with Crippen molar-refractivity contribution in [2.24, 2.45) is 0 Å². The highest BCUT2D eigenvalue weighted by Gasteiger charge is 2.37. The van der Waals surface area contributed by atoms with Crippen molar-refractivity contribution in [2.75, 3.05) is 6.61 Å². The van der Waals surface area contributed by atoms with Crippen LogP contribution in [-0.4, -0.2) is 17.7 Å². The average Bonchev–Trinajstić information content (AvgIpc) is 2.91. The van der Waals surface area contributed by atoms with Gasteiger partial charge in [0.25, 0.3) is 0 Å². The van der Waals surface area contributed by atoms with Crippen molar-refractivity contribution in [1.82, 2.24) is 0 Å². The predicted molar refractivity (Wildman–Crippen MR) is 156 cm³/mol. The van der Waals surface area contributed by atoms with E-state index in [0.717, 1.165) is 34.2 Å². The van der Waals surface area contributed by atoms with Crippen LogP contribution in [0.15, 0.2) is 84.9 Å². The molecule has 38 heavy (non-hydrogen) atoms. The fraction of sp³-hybridized carbons (Fsp3) is 0.286. The number of hydrogen-bond donors (Lipinski definition) is 1. The smallest absolute Gasteiger partial charge is 0.338 e. The van der Waals surface area contributed by atoms with Gasteiger partial charge in [-0.15, -0.1) is 0 Å². The average molecular weight is 505 g/mol. The second kappa shape index (κ2) is 9.79. The normalized spacial score (nSPS) is 15.5. The Balaban J connectivity index is 1.65. The first kappa shape index (κ1) is 25.8. The molecule has 0 unspecified atom stereocenters. The second-order valence-electron chi connectivity index (χ2n) is 11.6. The summed E-state index contributed by atoms with van der Waals surface area (Å²) in [4.78, 5) is 12.1. The van der Waals surface area contributed by atoms with Crippen molar-refractivity contribution in [3.8, 4) is 39.1 Å². The zero-order chi connectivity index (χ0) is 27.1.